The lowest BCUT2D eigenvalue weighted by Crippen LogP contribution is -1.84. The molecule has 1 aromatic carbocycles. The van der Waals surface area contributed by atoms with Gasteiger partial charge in [-0.15, -0.1) is 0 Å². The fraction of sp³-hybridized carbons (Fsp3) is 0. The Morgan fingerprint density at radius 3 is 3.00 bits per heavy atom. The molecule has 13 heavy (non-hydrogen) atoms. The van der Waals surface area contributed by atoms with Crippen LogP contribution in [-0.2, 0) is 0 Å². The van der Waals surface area contributed by atoms with E-state index in [9.17, 15) is 0 Å². The normalized spacial score (nSPS) is 9.85. The van der Waals surface area contributed by atoms with E-state index in [1.54, 1.807) is 24.4 Å². The minimum Gasteiger partial charge on any atom is -0.226 e. The first kappa shape index (κ1) is 7.96. The van der Waals surface area contributed by atoms with Crippen molar-refractivity contribution in [1.29, 1.82) is 5.26 Å². The molecule has 4 heteroatoms. The Balaban J connectivity index is 2.75. The van der Waals surface area contributed by atoms with Crippen molar-refractivity contribution in [1.82, 2.24) is 9.97 Å². The number of nitrogens with zero attached hydrogens (tertiary/aromatic N) is 3. The number of aromatic nitrogens is 2. The number of nitriles is 1. The summed E-state index contributed by atoms with van der Waals surface area (Å²) in [6.07, 6.45) is 1.60. The summed E-state index contributed by atoms with van der Waals surface area (Å²) in [6, 6.07) is 7.22. The lowest BCUT2D eigenvalue weighted by molar-refractivity contribution is 1.22. The molecule has 0 radical (unpaired) electrons. The summed E-state index contributed by atoms with van der Waals surface area (Å²) < 4.78 is 0. The lowest BCUT2D eigenvalue weighted by Gasteiger charge is -1.96. The maximum absolute atomic E-state index is 8.63. The first-order valence-corrected chi connectivity index (χ1v) is 4.00. The SMILES string of the molecule is N#Cc1ccc2nc(Cl)ncc2c1. The van der Waals surface area contributed by atoms with Crippen molar-refractivity contribution in [2.45, 2.75) is 0 Å². The molecule has 0 aliphatic rings. The molecular formula is C9H4ClN3. The van der Waals surface area contributed by atoms with E-state index in [0.29, 0.717) is 5.56 Å². The van der Waals surface area contributed by atoms with Crippen molar-refractivity contribution >= 4 is 22.5 Å². The van der Waals surface area contributed by atoms with Gasteiger partial charge in [-0.1, -0.05) is 0 Å². The van der Waals surface area contributed by atoms with Crippen molar-refractivity contribution in [3.63, 3.8) is 0 Å². The average molecular weight is 190 g/mol. The number of fused-ring (bicyclic) bond motifs is 1. The van der Waals surface area contributed by atoms with Crippen molar-refractivity contribution in [2.24, 2.45) is 0 Å². The second-order valence-corrected chi connectivity index (χ2v) is 2.86. The molecule has 0 fully saturated rings. The van der Waals surface area contributed by atoms with Crippen LogP contribution in [0.4, 0.5) is 0 Å². The number of benzene rings is 1. The third kappa shape index (κ3) is 1.44. The van der Waals surface area contributed by atoms with Crippen molar-refractivity contribution in [2.75, 3.05) is 0 Å². The van der Waals surface area contributed by atoms with Crippen molar-refractivity contribution < 1.29 is 0 Å². The Morgan fingerprint density at radius 1 is 1.38 bits per heavy atom. The topological polar surface area (TPSA) is 49.6 Å². The molecule has 0 N–H and O–H groups in total. The highest BCUT2D eigenvalue weighted by Crippen LogP contribution is 2.14. The molecule has 2 aromatic rings. The summed E-state index contributed by atoms with van der Waals surface area (Å²) >= 11 is 5.61. The lowest BCUT2D eigenvalue weighted by atomic mass is 10.2. The van der Waals surface area contributed by atoms with Gasteiger partial charge in [0.25, 0.3) is 0 Å². The van der Waals surface area contributed by atoms with Crippen LogP contribution in [0.2, 0.25) is 5.28 Å². The highest BCUT2D eigenvalue weighted by atomic mass is 35.5. The van der Waals surface area contributed by atoms with E-state index in [0.717, 1.165) is 10.9 Å². The molecular weight excluding hydrogens is 186 g/mol. The third-order valence-corrected chi connectivity index (χ3v) is 1.86. The summed E-state index contributed by atoms with van der Waals surface area (Å²) in [5.41, 5.74) is 1.34. The van der Waals surface area contributed by atoms with Gasteiger partial charge in [-0.2, -0.15) is 5.26 Å². The quantitative estimate of drug-likeness (QED) is 0.597. The van der Waals surface area contributed by atoms with Gasteiger partial charge in [0.05, 0.1) is 17.1 Å². The van der Waals surface area contributed by atoms with Gasteiger partial charge in [0.2, 0.25) is 5.28 Å². The average Bonchev–Trinajstić information content (AvgIpc) is 2.17. The van der Waals surface area contributed by atoms with Crippen LogP contribution in [0.15, 0.2) is 24.4 Å². The first-order valence-electron chi connectivity index (χ1n) is 3.62. The van der Waals surface area contributed by atoms with E-state index in [1.165, 1.54) is 0 Å². The third-order valence-electron chi connectivity index (χ3n) is 1.68. The molecule has 2 rings (SSSR count). The molecule has 0 bridgehead atoms. The van der Waals surface area contributed by atoms with Gasteiger partial charge in [0.15, 0.2) is 0 Å². The zero-order chi connectivity index (χ0) is 9.26. The number of rotatable bonds is 0. The Kier molecular flexibility index (Phi) is 1.84. The maximum atomic E-state index is 8.63. The number of hydrogen-bond donors (Lipinski definition) is 0. The fourth-order valence-electron chi connectivity index (χ4n) is 1.08. The van der Waals surface area contributed by atoms with Crippen LogP contribution in [0.3, 0.4) is 0 Å². The van der Waals surface area contributed by atoms with Gasteiger partial charge >= 0.3 is 0 Å². The van der Waals surface area contributed by atoms with E-state index in [1.807, 2.05) is 6.07 Å². The Bertz CT molecular complexity index is 502. The van der Waals surface area contributed by atoms with Gasteiger partial charge in [-0.05, 0) is 29.8 Å². The molecule has 0 unspecified atom stereocenters. The maximum Gasteiger partial charge on any atom is 0.222 e. The van der Waals surface area contributed by atoms with E-state index >= 15 is 0 Å². The minimum absolute atomic E-state index is 0.220. The highest BCUT2D eigenvalue weighted by Gasteiger charge is 1.98. The van der Waals surface area contributed by atoms with E-state index in [-0.39, 0.29) is 5.28 Å². The molecule has 0 atom stereocenters. The summed E-state index contributed by atoms with van der Waals surface area (Å²) in [5, 5.41) is 9.68. The molecule has 0 saturated heterocycles. The number of hydrogen-bond acceptors (Lipinski definition) is 3. The molecule has 0 amide bonds. The van der Waals surface area contributed by atoms with Crippen LogP contribution in [0.25, 0.3) is 10.9 Å². The minimum atomic E-state index is 0.220. The van der Waals surface area contributed by atoms with Crippen LogP contribution in [0.5, 0.6) is 0 Å². The van der Waals surface area contributed by atoms with E-state index in [4.69, 9.17) is 16.9 Å². The molecule has 0 aliphatic heterocycles. The van der Waals surface area contributed by atoms with E-state index in [2.05, 4.69) is 9.97 Å². The van der Waals surface area contributed by atoms with Crippen LogP contribution in [0, 0.1) is 11.3 Å². The second-order valence-electron chi connectivity index (χ2n) is 2.52. The Hall–Kier alpha value is -1.66. The van der Waals surface area contributed by atoms with Gasteiger partial charge < -0.3 is 0 Å². The van der Waals surface area contributed by atoms with Gasteiger partial charge in [-0.3, -0.25) is 0 Å². The van der Waals surface area contributed by atoms with E-state index < -0.39 is 0 Å². The standard InChI is InChI=1S/C9H4ClN3/c10-9-12-5-7-3-6(4-11)1-2-8(7)13-9/h1-3,5H. The first-order chi connectivity index (χ1) is 6.29. The monoisotopic (exact) mass is 189 g/mol. The fourth-order valence-corrected chi connectivity index (χ4v) is 1.22. The van der Waals surface area contributed by atoms with Crippen molar-refractivity contribution in [3.05, 3.63) is 35.2 Å². The summed E-state index contributed by atoms with van der Waals surface area (Å²) in [7, 11) is 0. The molecule has 1 aromatic heterocycles. The van der Waals surface area contributed by atoms with Crippen LogP contribution < -0.4 is 0 Å². The number of halogens is 1. The largest absolute Gasteiger partial charge is 0.226 e. The molecule has 1 heterocycles. The second kappa shape index (κ2) is 3.00. The Morgan fingerprint density at radius 2 is 2.23 bits per heavy atom. The van der Waals surface area contributed by atoms with Crippen LogP contribution in [-0.4, -0.2) is 9.97 Å². The molecule has 0 spiro atoms. The van der Waals surface area contributed by atoms with Gasteiger partial charge in [0.1, 0.15) is 0 Å². The molecule has 62 valence electrons. The summed E-state index contributed by atoms with van der Waals surface area (Å²) in [4.78, 5) is 7.82. The smallest absolute Gasteiger partial charge is 0.222 e. The van der Waals surface area contributed by atoms with Crippen LogP contribution >= 0.6 is 11.6 Å². The highest BCUT2D eigenvalue weighted by molar-refractivity contribution is 6.28. The van der Waals surface area contributed by atoms with Gasteiger partial charge in [0, 0.05) is 11.6 Å². The van der Waals surface area contributed by atoms with Gasteiger partial charge in [-0.25, -0.2) is 9.97 Å². The summed E-state index contributed by atoms with van der Waals surface area (Å²) in [6.45, 7) is 0. The predicted octanol–water partition coefficient (Wildman–Crippen LogP) is 2.15. The van der Waals surface area contributed by atoms with Crippen molar-refractivity contribution in [3.8, 4) is 6.07 Å². The molecule has 0 aliphatic carbocycles. The zero-order valence-electron chi connectivity index (χ0n) is 6.53. The zero-order valence-corrected chi connectivity index (χ0v) is 7.28. The van der Waals surface area contributed by atoms with Crippen LogP contribution in [0.1, 0.15) is 5.56 Å². The summed E-state index contributed by atoms with van der Waals surface area (Å²) in [5.74, 6) is 0. The Labute approximate surface area is 79.6 Å². The molecule has 0 saturated carbocycles. The predicted molar refractivity (Wildman–Crippen MR) is 49.3 cm³/mol. The molecule has 3 nitrogen and oxygen atoms in total.